The van der Waals surface area contributed by atoms with E-state index in [-0.39, 0.29) is 0 Å². The van der Waals surface area contributed by atoms with E-state index in [1.54, 1.807) is 0 Å². The standard InChI is InChI=1S/C23H21NO2S/c1-13(2)16-8-7-14(3)21-17(10-15(4)18(21)11-16)12-19-23(25)26-22(24-19)20-6-5-9-27-20/h5-13H,1-4H3. The Kier molecular flexibility index (Phi) is 4.44. The molecule has 27 heavy (non-hydrogen) atoms. The topological polar surface area (TPSA) is 38.7 Å². The minimum atomic E-state index is -0.397. The van der Waals surface area contributed by atoms with Crippen LogP contribution in [0.2, 0.25) is 0 Å². The first-order valence-corrected chi connectivity index (χ1v) is 9.92. The average Bonchev–Trinajstić information content (AvgIpc) is 3.29. The Morgan fingerprint density at radius 1 is 1.11 bits per heavy atom. The SMILES string of the molecule is Cc1cc(C=C2N=C(c3cccs3)OC2=O)c2c(C)ccc(C(C)C)cc1-2. The Balaban J connectivity index is 1.82. The second kappa shape index (κ2) is 6.78. The van der Waals surface area contributed by atoms with Crippen molar-refractivity contribution < 1.29 is 9.53 Å². The molecule has 1 aromatic heterocycles. The van der Waals surface area contributed by atoms with E-state index in [1.165, 1.54) is 39.2 Å². The van der Waals surface area contributed by atoms with E-state index >= 15 is 0 Å². The molecular weight excluding hydrogens is 354 g/mol. The van der Waals surface area contributed by atoms with Gasteiger partial charge >= 0.3 is 5.97 Å². The molecule has 2 aliphatic carbocycles. The molecule has 0 amide bonds. The van der Waals surface area contributed by atoms with Crippen LogP contribution in [0.4, 0.5) is 0 Å². The molecule has 0 spiro atoms. The number of thiophene rings is 1. The van der Waals surface area contributed by atoms with Crippen molar-refractivity contribution in [3.05, 3.63) is 74.6 Å². The maximum Gasteiger partial charge on any atom is 0.363 e. The van der Waals surface area contributed by atoms with Crippen molar-refractivity contribution in [2.24, 2.45) is 4.99 Å². The monoisotopic (exact) mass is 375 g/mol. The van der Waals surface area contributed by atoms with Crippen LogP contribution in [0.3, 0.4) is 0 Å². The number of aliphatic imine (C=N–C) groups is 1. The van der Waals surface area contributed by atoms with Crippen LogP contribution in [0.25, 0.3) is 17.2 Å². The molecule has 4 rings (SSSR count). The quantitative estimate of drug-likeness (QED) is 0.420. The highest BCUT2D eigenvalue weighted by Gasteiger charge is 2.26. The van der Waals surface area contributed by atoms with Gasteiger partial charge in [0.25, 0.3) is 0 Å². The number of hydrogen-bond donors (Lipinski definition) is 0. The van der Waals surface area contributed by atoms with Gasteiger partial charge in [0.2, 0.25) is 5.90 Å². The molecule has 136 valence electrons. The fourth-order valence-electron chi connectivity index (χ4n) is 3.42. The first kappa shape index (κ1) is 17.7. The van der Waals surface area contributed by atoms with Gasteiger partial charge in [0.15, 0.2) is 5.70 Å². The summed E-state index contributed by atoms with van der Waals surface area (Å²) in [6.45, 7) is 8.63. The highest BCUT2D eigenvalue weighted by Crippen LogP contribution is 2.37. The molecule has 0 unspecified atom stereocenters. The Morgan fingerprint density at radius 2 is 1.93 bits per heavy atom. The molecule has 3 aliphatic rings. The number of cyclic esters (lactones) is 1. The van der Waals surface area contributed by atoms with Crippen molar-refractivity contribution in [1.29, 1.82) is 0 Å². The summed E-state index contributed by atoms with van der Waals surface area (Å²) in [5.74, 6) is 0.448. The number of carbonyl (C=O) groups is 1. The van der Waals surface area contributed by atoms with Gasteiger partial charge < -0.3 is 4.74 Å². The van der Waals surface area contributed by atoms with Gasteiger partial charge in [0, 0.05) is 0 Å². The second-order valence-electron chi connectivity index (χ2n) is 7.20. The summed E-state index contributed by atoms with van der Waals surface area (Å²) in [5.41, 5.74) is 7.44. The van der Waals surface area contributed by atoms with Gasteiger partial charge in [0.1, 0.15) is 0 Å². The number of ether oxygens (including phenoxy) is 1. The number of esters is 1. The molecule has 0 N–H and O–H groups in total. The molecule has 0 aromatic carbocycles. The van der Waals surface area contributed by atoms with Crippen LogP contribution in [0, 0.1) is 13.8 Å². The third-order valence-electron chi connectivity index (χ3n) is 4.90. The zero-order chi connectivity index (χ0) is 19.1. The van der Waals surface area contributed by atoms with Crippen molar-refractivity contribution in [1.82, 2.24) is 0 Å². The summed E-state index contributed by atoms with van der Waals surface area (Å²) in [6, 6.07) is 12.6. The van der Waals surface area contributed by atoms with E-state index < -0.39 is 5.97 Å². The van der Waals surface area contributed by atoms with Gasteiger partial charge in [-0.1, -0.05) is 44.2 Å². The summed E-state index contributed by atoms with van der Waals surface area (Å²) in [5, 5.41) is 1.94. The van der Waals surface area contributed by atoms with Crippen molar-refractivity contribution in [3.63, 3.8) is 0 Å². The van der Waals surface area contributed by atoms with Crippen LogP contribution >= 0.6 is 11.3 Å². The highest BCUT2D eigenvalue weighted by molar-refractivity contribution is 7.12. The molecule has 1 aromatic rings. The third-order valence-corrected chi connectivity index (χ3v) is 5.76. The lowest BCUT2D eigenvalue weighted by Gasteiger charge is -2.04. The van der Waals surface area contributed by atoms with Gasteiger partial charge in [-0.3, -0.25) is 0 Å². The van der Waals surface area contributed by atoms with Gasteiger partial charge in [-0.25, -0.2) is 9.79 Å². The molecule has 0 saturated carbocycles. The van der Waals surface area contributed by atoms with Crippen LogP contribution in [0.15, 0.2) is 52.5 Å². The van der Waals surface area contributed by atoms with E-state index in [4.69, 9.17) is 4.74 Å². The van der Waals surface area contributed by atoms with Crippen molar-refractivity contribution >= 4 is 29.3 Å². The molecule has 0 fully saturated rings. The number of rotatable bonds is 3. The van der Waals surface area contributed by atoms with E-state index in [1.807, 2.05) is 23.6 Å². The number of fused-ring (bicyclic) bond motifs is 1. The Bertz CT molecular complexity index is 1060. The number of nitrogens with zero attached hydrogens (tertiary/aromatic N) is 1. The van der Waals surface area contributed by atoms with Crippen molar-refractivity contribution in [2.45, 2.75) is 33.6 Å². The predicted molar refractivity (Wildman–Crippen MR) is 112 cm³/mol. The minimum Gasteiger partial charge on any atom is -0.401 e. The Labute approximate surface area is 163 Å². The molecule has 0 bridgehead atoms. The van der Waals surface area contributed by atoms with Crippen molar-refractivity contribution in [2.75, 3.05) is 0 Å². The second-order valence-corrected chi connectivity index (χ2v) is 8.15. The molecular formula is C23H21NO2S. The van der Waals surface area contributed by atoms with Crippen LogP contribution in [-0.4, -0.2) is 11.9 Å². The maximum absolute atomic E-state index is 12.3. The lowest BCUT2D eigenvalue weighted by Crippen LogP contribution is -2.03. The fraction of sp³-hybridized carbons (Fsp3) is 0.217. The first-order valence-electron chi connectivity index (χ1n) is 9.04. The summed E-state index contributed by atoms with van der Waals surface area (Å²) < 4.78 is 5.36. The molecule has 3 nitrogen and oxygen atoms in total. The maximum atomic E-state index is 12.3. The van der Waals surface area contributed by atoms with Crippen LogP contribution in [-0.2, 0) is 9.53 Å². The molecule has 0 atom stereocenters. The third kappa shape index (κ3) is 3.21. The number of hydrogen-bond acceptors (Lipinski definition) is 4. The van der Waals surface area contributed by atoms with Gasteiger partial charge in [-0.15, -0.1) is 11.3 Å². The van der Waals surface area contributed by atoms with E-state index in [2.05, 4.69) is 57.0 Å². The summed E-state index contributed by atoms with van der Waals surface area (Å²) in [4.78, 5) is 17.6. The van der Waals surface area contributed by atoms with Crippen LogP contribution < -0.4 is 0 Å². The normalized spacial score (nSPS) is 15.7. The van der Waals surface area contributed by atoms with Gasteiger partial charge in [-0.2, -0.15) is 0 Å². The molecule has 0 saturated heterocycles. The van der Waals surface area contributed by atoms with E-state index in [9.17, 15) is 4.79 Å². The molecule has 0 radical (unpaired) electrons. The molecule has 4 heteroatoms. The zero-order valence-corrected chi connectivity index (χ0v) is 16.7. The summed E-state index contributed by atoms with van der Waals surface area (Å²) in [6.07, 6.45) is 1.85. The Hall–Kier alpha value is -2.72. The van der Waals surface area contributed by atoms with Gasteiger partial charge in [0.05, 0.1) is 4.88 Å². The minimum absolute atomic E-state index is 0.347. The van der Waals surface area contributed by atoms with Gasteiger partial charge in [-0.05, 0) is 70.7 Å². The smallest absolute Gasteiger partial charge is 0.363 e. The zero-order valence-electron chi connectivity index (χ0n) is 15.9. The lowest BCUT2D eigenvalue weighted by molar-refractivity contribution is -0.129. The van der Waals surface area contributed by atoms with E-state index in [0.717, 1.165) is 10.4 Å². The van der Waals surface area contributed by atoms with E-state index in [0.29, 0.717) is 17.5 Å². The average molecular weight is 375 g/mol. The number of aryl methyl sites for hydroxylation is 2. The van der Waals surface area contributed by atoms with Crippen molar-refractivity contribution in [3.8, 4) is 11.1 Å². The first-order chi connectivity index (χ1) is 12.9. The molecule has 2 heterocycles. The fourth-order valence-corrected chi connectivity index (χ4v) is 4.07. The van der Waals surface area contributed by atoms with Crippen LogP contribution in [0.1, 0.15) is 46.9 Å². The lowest BCUT2D eigenvalue weighted by atomic mass is 10.0. The predicted octanol–water partition coefficient (Wildman–Crippen LogP) is 5.94. The Morgan fingerprint density at radius 3 is 2.63 bits per heavy atom. The highest BCUT2D eigenvalue weighted by atomic mass is 32.1. The largest absolute Gasteiger partial charge is 0.401 e. The van der Waals surface area contributed by atoms with Crippen LogP contribution in [0.5, 0.6) is 0 Å². The molecule has 1 aliphatic heterocycles. The summed E-state index contributed by atoms with van der Waals surface area (Å²) >= 11 is 1.51. The number of carbonyl (C=O) groups excluding carboxylic acids is 1. The summed E-state index contributed by atoms with van der Waals surface area (Å²) in [7, 11) is 0.